The highest BCUT2D eigenvalue weighted by Crippen LogP contribution is 2.05. The van der Waals surface area contributed by atoms with E-state index in [0.29, 0.717) is 5.69 Å². The van der Waals surface area contributed by atoms with Gasteiger partial charge in [0.2, 0.25) is 0 Å². The molecule has 2 rings (SSSR count). The van der Waals surface area contributed by atoms with E-state index in [1.807, 2.05) is 0 Å². The third kappa shape index (κ3) is 3.32. The lowest BCUT2D eigenvalue weighted by molar-refractivity contribution is 0.0913. The molecule has 0 bridgehead atoms. The molecule has 1 amide bonds. The molecule has 7 nitrogen and oxygen atoms in total. The molecule has 1 heterocycles. The summed E-state index contributed by atoms with van der Waals surface area (Å²) in [6.07, 6.45) is -0.656. The molecular weight excluding hydrogens is 253 g/mol. The molecule has 1 aromatic carbocycles. The van der Waals surface area contributed by atoms with Crippen LogP contribution < -0.4 is 5.32 Å². The second kappa shape index (κ2) is 5.53. The van der Waals surface area contributed by atoms with E-state index in [1.54, 1.807) is 6.92 Å². The van der Waals surface area contributed by atoms with E-state index in [2.05, 4.69) is 20.7 Å². The summed E-state index contributed by atoms with van der Waals surface area (Å²) in [5, 5.41) is 22.6. The number of aromatic nitrogens is 4. The van der Waals surface area contributed by atoms with E-state index in [0.717, 1.165) is 4.80 Å². The summed E-state index contributed by atoms with van der Waals surface area (Å²) in [6.45, 7) is 1.65. The fraction of sp³-hybridized carbons (Fsp3) is 0.273. The molecule has 0 saturated carbocycles. The minimum atomic E-state index is -0.656. The molecular formula is C11H12FN5O2. The molecule has 2 aromatic rings. The van der Waals surface area contributed by atoms with Gasteiger partial charge in [0.05, 0.1) is 11.8 Å². The Morgan fingerprint density at radius 1 is 1.47 bits per heavy atom. The summed E-state index contributed by atoms with van der Waals surface area (Å²) in [5.41, 5.74) is 0.489. The second-order valence-corrected chi connectivity index (χ2v) is 3.94. The maximum atomic E-state index is 12.8. The van der Waals surface area contributed by atoms with Crippen LogP contribution in [0.5, 0.6) is 0 Å². The van der Waals surface area contributed by atoms with Gasteiger partial charge in [-0.3, -0.25) is 4.79 Å². The van der Waals surface area contributed by atoms with E-state index in [9.17, 15) is 9.18 Å². The average Bonchev–Trinajstić information content (AvgIpc) is 2.86. The predicted octanol–water partition coefficient (Wildman–Crippen LogP) is -0.0880. The van der Waals surface area contributed by atoms with Gasteiger partial charge in [-0.15, -0.1) is 15.0 Å². The molecule has 0 unspecified atom stereocenters. The van der Waals surface area contributed by atoms with Crippen LogP contribution in [0.25, 0.3) is 5.69 Å². The Morgan fingerprint density at radius 3 is 2.79 bits per heavy atom. The molecule has 100 valence electrons. The van der Waals surface area contributed by atoms with Crippen LogP contribution in [-0.4, -0.2) is 43.9 Å². The fourth-order valence-corrected chi connectivity index (χ4v) is 1.31. The number of halogens is 1. The molecule has 1 aromatic heterocycles. The molecule has 0 radical (unpaired) electrons. The third-order valence-electron chi connectivity index (χ3n) is 2.23. The zero-order valence-electron chi connectivity index (χ0n) is 10.1. The maximum absolute atomic E-state index is 12.8. The summed E-state index contributed by atoms with van der Waals surface area (Å²) in [4.78, 5) is 12.7. The molecule has 0 aliphatic heterocycles. The van der Waals surface area contributed by atoms with Crippen LogP contribution in [0.4, 0.5) is 4.39 Å². The number of amides is 1. The van der Waals surface area contributed by atoms with E-state index in [1.165, 1.54) is 24.3 Å². The van der Waals surface area contributed by atoms with Crippen LogP contribution in [0.1, 0.15) is 17.5 Å². The summed E-state index contributed by atoms with van der Waals surface area (Å²) in [6, 6.07) is 5.45. The van der Waals surface area contributed by atoms with Gasteiger partial charge in [-0.2, -0.15) is 0 Å². The SMILES string of the molecule is C[C@H](O)CNC(=O)c1nnn(-c2ccc(F)cc2)n1. The normalized spacial score (nSPS) is 12.2. The number of carbonyl (C=O) groups excluding carboxylic acids is 1. The topological polar surface area (TPSA) is 92.9 Å². The van der Waals surface area contributed by atoms with Crippen molar-refractivity contribution in [3.05, 3.63) is 35.9 Å². The van der Waals surface area contributed by atoms with Gasteiger partial charge >= 0.3 is 0 Å². The Kier molecular flexibility index (Phi) is 3.81. The molecule has 0 aliphatic rings. The predicted molar refractivity (Wildman–Crippen MR) is 63.1 cm³/mol. The zero-order chi connectivity index (χ0) is 13.8. The minimum absolute atomic E-state index is 0.101. The molecule has 1 atom stereocenters. The number of carbonyl (C=O) groups is 1. The van der Waals surface area contributed by atoms with Crippen molar-refractivity contribution < 1.29 is 14.3 Å². The second-order valence-electron chi connectivity index (χ2n) is 3.94. The molecule has 0 saturated heterocycles. The van der Waals surface area contributed by atoms with Crippen LogP contribution in [0.2, 0.25) is 0 Å². The van der Waals surface area contributed by atoms with E-state index < -0.39 is 12.0 Å². The van der Waals surface area contributed by atoms with Crippen LogP contribution in [0, 0.1) is 5.82 Å². The monoisotopic (exact) mass is 265 g/mol. The lowest BCUT2D eigenvalue weighted by atomic mass is 10.3. The lowest BCUT2D eigenvalue weighted by Crippen LogP contribution is -2.31. The van der Waals surface area contributed by atoms with Gasteiger partial charge in [-0.1, -0.05) is 0 Å². The van der Waals surface area contributed by atoms with Crippen molar-refractivity contribution in [3.8, 4) is 5.69 Å². The number of aliphatic hydroxyl groups is 1. The zero-order valence-corrected chi connectivity index (χ0v) is 10.1. The quantitative estimate of drug-likeness (QED) is 0.806. The van der Waals surface area contributed by atoms with Crippen molar-refractivity contribution in [2.24, 2.45) is 0 Å². The van der Waals surface area contributed by atoms with Crippen molar-refractivity contribution in [2.45, 2.75) is 13.0 Å². The van der Waals surface area contributed by atoms with Crippen molar-refractivity contribution in [3.63, 3.8) is 0 Å². The summed E-state index contributed by atoms with van der Waals surface area (Å²) < 4.78 is 12.8. The Bertz CT molecular complexity index is 567. The first kappa shape index (κ1) is 13.1. The number of nitrogens with zero attached hydrogens (tertiary/aromatic N) is 4. The first-order chi connectivity index (χ1) is 9.06. The molecule has 19 heavy (non-hydrogen) atoms. The summed E-state index contributed by atoms with van der Waals surface area (Å²) in [7, 11) is 0. The van der Waals surface area contributed by atoms with Gasteiger partial charge in [-0.05, 0) is 36.4 Å². The first-order valence-electron chi connectivity index (χ1n) is 5.58. The van der Waals surface area contributed by atoms with Crippen molar-refractivity contribution in [1.82, 2.24) is 25.5 Å². The smallest absolute Gasteiger partial charge is 0.293 e. The number of hydrogen-bond acceptors (Lipinski definition) is 5. The van der Waals surface area contributed by atoms with Gasteiger partial charge in [0.1, 0.15) is 5.82 Å². The first-order valence-corrected chi connectivity index (χ1v) is 5.58. The number of rotatable bonds is 4. The lowest BCUT2D eigenvalue weighted by Gasteiger charge is -2.03. The number of hydrogen-bond donors (Lipinski definition) is 2. The standard InChI is InChI=1S/C11H12FN5O2/c1-7(18)6-13-11(19)10-14-16-17(15-10)9-4-2-8(12)3-5-9/h2-5,7,18H,6H2,1H3,(H,13,19)/t7-/m0/s1. The van der Waals surface area contributed by atoms with Gasteiger partial charge < -0.3 is 10.4 Å². The highest BCUT2D eigenvalue weighted by atomic mass is 19.1. The fourth-order valence-electron chi connectivity index (χ4n) is 1.31. The Labute approximate surface area is 108 Å². The van der Waals surface area contributed by atoms with Gasteiger partial charge in [0.15, 0.2) is 0 Å². The minimum Gasteiger partial charge on any atom is -0.392 e. The number of aliphatic hydroxyl groups excluding tert-OH is 1. The Morgan fingerprint density at radius 2 is 2.16 bits per heavy atom. The van der Waals surface area contributed by atoms with Gasteiger partial charge in [0.25, 0.3) is 11.7 Å². The van der Waals surface area contributed by atoms with E-state index in [4.69, 9.17) is 5.11 Å². The van der Waals surface area contributed by atoms with Crippen LogP contribution >= 0.6 is 0 Å². The number of nitrogens with one attached hydrogen (secondary N) is 1. The number of tetrazole rings is 1. The Hall–Kier alpha value is -2.35. The van der Waals surface area contributed by atoms with Crippen molar-refractivity contribution >= 4 is 5.91 Å². The Balaban J connectivity index is 2.10. The molecule has 8 heteroatoms. The largest absolute Gasteiger partial charge is 0.392 e. The summed E-state index contributed by atoms with van der Waals surface area (Å²) in [5.74, 6) is -1.03. The molecule has 2 N–H and O–H groups in total. The average molecular weight is 265 g/mol. The van der Waals surface area contributed by atoms with E-state index >= 15 is 0 Å². The third-order valence-corrected chi connectivity index (χ3v) is 2.23. The van der Waals surface area contributed by atoms with Crippen molar-refractivity contribution in [1.29, 1.82) is 0 Å². The van der Waals surface area contributed by atoms with Crippen LogP contribution in [-0.2, 0) is 0 Å². The molecule has 0 aliphatic carbocycles. The number of benzene rings is 1. The van der Waals surface area contributed by atoms with Gasteiger partial charge in [0, 0.05) is 6.54 Å². The summed E-state index contributed by atoms with van der Waals surface area (Å²) >= 11 is 0. The maximum Gasteiger partial charge on any atom is 0.293 e. The van der Waals surface area contributed by atoms with Crippen molar-refractivity contribution in [2.75, 3.05) is 6.54 Å². The van der Waals surface area contributed by atoms with Gasteiger partial charge in [-0.25, -0.2) is 4.39 Å². The highest BCUT2D eigenvalue weighted by Gasteiger charge is 2.13. The van der Waals surface area contributed by atoms with Crippen LogP contribution in [0.3, 0.4) is 0 Å². The van der Waals surface area contributed by atoms with Crippen LogP contribution in [0.15, 0.2) is 24.3 Å². The highest BCUT2D eigenvalue weighted by molar-refractivity contribution is 5.90. The molecule has 0 fully saturated rings. The van der Waals surface area contributed by atoms with E-state index in [-0.39, 0.29) is 18.2 Å². The molecule has 0 spiro atoms.